The van der Waals surface area contributed by atoms with Crippen molar-refractivity contribution in [2.45, 2.75) is 18.6 Å². The van der Waals surface area contributed by atoms with Gasteiger partial charge in [-0.1, -0.05) is 36.4 Å². The molecule has 0 radical (unpaired) electrons. The normalized spacial score (nSPS) is 16.7. The molecule has 2 heterocycles. The van der Waals surface area contributed by atoms with Crippen molar-refractivity contribution in [3.05, 3.63) is 71.0 Å². The third-order valence-electron chi connectivity index (χ3n) is 4.86. The molecule has 0 bridgehead atoms. The van der Waals surface area contributed by atoms with E-state index in [1.54, 1.807) is 24.3 Å². The van der Waals surface area contributed by atoms with Gasteiger partial charge in [-0.05, 0) is 30.2 Å². The molecule has 0 saturated heterocycles. The topological polar surface area (TPSA) is 73.7 Å². The number of carbonyl (C=O) groups excluding carboxylic acids is 1. The minimum Gasteiger partial charge on any atom is -0.383 e. The number of hydrogen-bond donors (Lipinski definition) is 2. The van der Waals surface area contributed by atoms with Crippen molar-refractivity contribution >= 4 is 33.0 Å². The predicted octanol–water partition coefficient (Wildman–Crippen LogP) is 3.15. The zero-order valence-corrected chi connectivity index (χ0v) is 15.8. The number of aliphatic hydroxyl groups excluding tert-OH is 2. The Morgan fingerprint density at radius 3 is 2.61 bits per heavy atom. The molecule has 3 aromatic rings. The number of carbonyl (C=O) groups is 1. The summed E-state index contributed by atoms with van der Waals surface area (Å²) < 4.78 is 14.8. The molecule has 0 fully saturated rings. The van der Waals surface area contributed by atoms with Gasteiger partial charge in [-0.3, -0.25) is 4.79 Å². The number of thiazole rings is 1. The Kier molecular flexibility index (Phi) is 5.21. The van der Waals surface area contributed by atoms with Crippen LogP contribution in [0.5, 0.6) is 0 Å². The molecule has 1 aliphatic rings. The van der Waals surface area contributed by atoms with Gasteiger partial charge in [-0.25, -0.2) is 9.37 Å². The molecular formula is C21H19FN2O3S. The fraction of sp³-hybridized carbons (Fsp3) is 0.238. The molecule has 1 amide bonds. The second-order valence-electron chi connectivity index (χ2n) is 6.65. The van der Waals surface area contributed by atoms with E-state index in [0.29, 0.717) is 23.5 Å². The van der Waals surface area contributed by atoms with Crippen molar-refractivity contribution in [2.24, 2.45) is 0 Å². The predicted molar refractivity (Wildman–Crippen MR) is 106 cm³/mol. The Bertz CT molecular complexity index is 1020. The highest BCUT2D eigenvalue weighted by Crippen LogP contribution is 2.29. The van der Waals surface area contributed by atoms with Gasteiger partial charge in [-0.15, -0.1) is 11.3 Å². The lowest BCUT2D eigenvalue weighted by atomic mass is 9.98. The largest absolute Gasteiger partial charge is 0.383 e. The van der Waals surface area contributed by atoms with E-state index in [9.17, 15) is 19.4 Å². The fourth-order valence-electron chi connectivity index (χ4n) is 3.31. The van der Waals surface area contributed by atoms with Crippen molar-refractivity contribution in [1.29, 1.82) is 0 Å². The monoisotopic (exact) mass is 398 g/mol. The number of aromatic nitrogens is 1. The third-order valence-corrected chi connectivity index (χ3v) is 5.96. The Morgan fingerprint density at radius 1 is 1.14 bits per heavy atom. The van der Waals surface area contributed by atoms with Crippen LogP contribution in [0.4, 0.5) is 4.39 Å². The molecule has 0 saturated carbocycles. The van der Waals surface area contributed by atoms with Crippen LogP contribution in [0.25, 0.3) is 15.8 Å². The molecule has 2 aromatic carbocycles. The molecule has 1 aromatic heterocycles. The maximum absolute atomic E-state index is 13.9. The van der Waals surface area contributed by atoms with E-state index in [-0.39, 0.29) is 12.4 Å². The van der Waals surface area contributed by atoms with E-state index in [2.05, 4.69) is 4.98 Å². The number of fused-ring (bicyclic) bond motifs is 1. The molecule has 2 N–H and O–H groups in total. The zero-order chi connectivity index (χ0) is 19.7. The lowest BCUT2D eigenvalue weighted by molar-refractivity contribution is -0.146. The quantitative estimate of drug-likeness (QED) is 0.708. The van der Waals surface area contributed by atoms with Crippen LogP contribution in [-0.2, 0) is 4.79 Å². The minimum atomic E-state index is -1.59. The number of aliphatic hydroxyl groups is 2. The summed E-state index contributed by atoms with van der Waals surface area (Å²) in [6, 6.07) is 13.9. The summed E-state index contributed by atoms with van der Waals surface area (Å²) in [6.07, 6.45) is -0.710. The molecule has 2 atom stereocenters. The van der Waals surface area contributed by atoms with Crippen LogP contribution in [0.15, 0.2) is 54.6 Å². The van der Waals surface area contributed by atoms with Crippen LogP contribution in [-0.4, -0.2) is 45.2 Å². The van der Waals surface area contributed by atoms with Gasteiger partial charge in [0, 0.05) is 18.7 Å². The van der Waals surface area contributed by atoms with Gasteiger partial charge in [0.05, 0.1) is 10.2 Å². The number of nitrogens with zero attached hydrogens (tertiary/aromatic N) is 2. The summed E-state index contributed by atoms with van der Waals surface area (Å²) in [5, 5.41) is 21.1. The zero-order valence-electron chi connectivity index (χ0n) is 15.0. The maximum Gasteiger partial charge on any atom is 0.254 e. The number of rotatable bonds is 4. The van der Waals surface area contributed by atoms with Crippen molar-refractivity contribution < 1.29 is 19.4 Å². The Hall–Kier alpha value is -2.61. The highest BCUT2D eigenvalue weighted by atomic mass is 32.1. The van der Waals surface area contributed by atoms with Crippen LogP contribution < -0.4 is 0 Å². The molecule has 5 nitrogen and oxygen atoms in total. The first-order valence-corrected chi connectivity index (χ1v) is 9.80. The highest BCUT2D eigenvalue weighted by Gasteiger charge is 2.32. The van der Waals surface area contributed by atoms with Crippen LogP contribution in [0, 0.1) is 5.82 Å². The van der Waals surface area contributed by atoms with E-state index in [0.717, 1.165) is 15.8 Å². The number of halogens is 1. The summed E-state index contributed by atoms with van der Waals surface area (Å²) in [5.74, 6) is -0.851. The molecule has 144 valence electrons. The highest BCUT2D eigenvalue weighted by molar-refractivity contribution is 7.18. The van der Waals surface area contributed by atoms with E-state index in [1.165, 1.54) is 22.3 Å². The number of benzene rings is 2. The summed E-state index contributed by atoms with van der Waals surface area (Å²) in [6.45, 7) is 0.606. The Labute approximate surface area is 165 Å². The van der Waals surface area contributed by atoms with Crippen molar-refractivity contribution in [3.8, 4) is 0 Å². The molecule has 0 spiro atoms. The number of para-hydroxylation sites is 1. The summed E-state index contributed by atoms with van der Waals surface area (Å²) in [7, 11) is 0. The average molecular weight is 398 g/mol. The Balaban J connectivity index is 1.46. The van der Waals surface area contributed by atoms with Crippen molar-refractivity contribution in [2.75, 3.05) is 13.1 Å². The van der Waals surface area contributed by atoms with Crippen LogP contribution in [0.3, 0.4) is 0 Å². The van der Waals surface area contributed by atoms with Crippen molar-refractivity contribution in [1.82, 2.24) is 9.88 Å². The van der Waals surface area contributed by atoms with Gasteiger partial charge in [0.2, 0.25) is 0 Å². The second-order valence-corrected chi connectivity index (χ2v) is 7.72. The maximum atomic E-state index is 13.9. The number of hydrogen-bond acceptors (Lipinski definition) is 5. The van der Waals surface area contributed by atoms with Gasteiger partial charge >= 0.3 is 0 Å². The summed E-state index contributed by atoms with van der Waals surface area (Å²) in [4.78, 5) is 18.4. The van der Waals surface area contributed by atoms with E-state index in [1.807, 2.05) is 24.3 Å². The van der Waals surface area contributed by atoms with Gasteiger partial charge in [0.15, 0.2) is 6.10 Å². The Morgan fingerprint density at radius 2 is 1.89 bits per heavy atom. The third kappa shape index (κ3) is 3.56. The first-order chi connectivity index (χ1) is 13.5. The van der Waals surface area contributed by atoms with Crippen LogP contribution in [0.1, 0.15) is 23.1 Å². The summed E-state index contributed by atoms with van der Waals surface area (Å²) >= 11 is 1.25. The van der Waals surface area contributed by atoms with Crippen LogP contribution >= 0.6 is 11.3 Å². The van der Waals surface area contributed by atoms with Crippen molar-refractivity contribution in [3.63, 3.8) is 0 Å². The molecule has 28 heavy (non-hydrogen) atoms. The molecule has 4 rings (SSSR count). The minimum absolute atomic E-state index is 0.256. The molecule has 0 aliphatic carbocycles. The molecule has 7 heteroatoms. The summed E-state index contributed by atoms with van der Waals surface area (Å²) in [5.41, 5.74) is 2.09. The van der Waals surface area contributed by atoms with E-state index in [4.69, 9.17) is 0 Å². The van der Waals surface area contributed by atoms with E-state index < -0.39 is 18.1 Å². The fourth-order valence-corrected chi connectivity index (χ4v) is 4.29. The molecule has 0 unspecified atom stereocenters. The average Bonchev–Trinajstić information content (AvgIpc) is 3.17. The SMILES string of the molecule is O=C([C@H](O)[C@H](O)c1nc2ccccc2s1)N1CC=C(c2ccccc2F)CC1. The second kappa shape index (κ2) is 7.79. The first kappa shape index (κ1) is 18.7. The lowest BCUT2D eigenvalue weighted by Gasteiger charge is -2.29. The molecular weight excluding hydrogens is 379 g/mol. The number of amides is 1. The molecule has 1 aliphatic heterocycles. The standard InChI is InChI=1S/C21H19FN2O3S/c22-15-6-2-1-5-14(15)13-9-11-24(12-10-13)21(27)19(26)18(25)20-23-16-7-3-4-8-17(16)28-20/h1-9,18-19,25-26H,10-12H2/t18-,19+/m0/s1. The van der Waals surface area contributed by atoms with Crippen LogP contribution in [0.2, 0.25) is 0 Å². The van der Waals surface area contributed by atoms with Gasteiger partial charge < -0.3 is 15.1 Å². The smallest absolute Gasteiger partial charge is 0.254 e. The van der Waals surface area contributed by atoms with Gasteiger partial charge in [0.1, 0.15) is 16.9 Å². The lowest BCUT2D eigenvalue weighted by Crippen LogP contribution is -2.43. The van der Waals surface area contributed by atoms with Gasteiger partial charge in [-0.2, -0.15) is 0 Å². The van der Waals surface area contributed by atoms with Gasteiger partial charge in [0.25, 0.3) is 5.91 Å². The van der Waals surface area contributed by atoms with E-state index >= 15 is 0 Å². The first-order valence-electron chi connectivity index (χ1n) is 8.99.